The van der Waals surface area contributed by atoms with Gasteiger partial charge in [-0.15, -0.1) is 11.3 Å². The molecule has 4 rings (SSSR count). The van der Waals surface area contributed by atoms with Crippen molar-refractivity contribution >= 4 is 38.6 Å². The highest BCUT2D eigenvalue weighted by Gasteiger charge is 2.38. The van der Waals surface area contributed by atoms with Crippen LogP contribution in [0.5, 0.6) is 5.75 Å². The normalized spacial score (nSPS) is 18.6. The highest BCUT2D eigenvalue weighted by Crippen LogP contribution is 2.42. The topological polar surface area (TPSA) is 67.4 Å². The fourth-order valence-corrected chi connectivity index (χ4v) is 6.68. The molecule has 2 heterocycles. The number of hydrogen-bond donors (Lipinski definition) is 2. The van der Waals surface area contributed by atoms with E-state index < -0.39 is 33.1 Å². The van der Waals surface area contributed by atoms with E-state index in [0.29, 0.717) is 24.4 Å². The van der Waals surface area contributed by atoms with E-state index in [-0.39, 0.29) is 14.9 Å². The number of ether oxygens (including phenoxy) is 1. The van der Waals surface area contributed by atoms with Crippen LogP contribution in [0.15, 0.2) is 46.7 Å². The molecule has 0 amide bonds. The van der Waals surface area contributed by atoms with Gasteiger partial charge in [-0.3, -0.25) is 4.72 Å². The molecule has 188 valence electrons. The Labute approximate surface area is 211 Å². The van der Waals surface area contributed by atoms with Crippen molar-refractivity contribution in [2.24, 2.45) is 0 Å². The predicted molar refractivity (Wildman–Crippen MR) is 133 cm³/mol. The number of rotatable bonds is 6. The summed E-state index contributed by atoms with van der Waals surface area (Å²) in [7, 11) is -4.11. The Bertz CT molecular complexity index is 1360. The lowest BCUT2D eigenvalue weighted by atomic mass is 10.1. The van der Waals surface area contributed by atoms with Crippen LogP contribution in [0.4, 0.5) is 18.9 Å². The third-order valence-corrected chi connectivity index (χ3v) is 9.37. The van der Waals surface area contributed by atoms with Gasteiger partial charge in [-0.05, 0) is 62.2 Å². The van der Waals surface area contributed by atoms with Crippen molar-refractivity contribution < 1.29 is 26.3 Å². The van der Waals surface area contributed by atoms with E-state index in [4.69, 9.17) is 16.3 Å². The molecule has 11 heteroatoms. The number of sulfonamides is 1. The predicted octanol–water partition coefficient (Wildman–Crippen LogP) is 6.64. The first kappa shape index (κ1) is 25.8. The highest BCUT2D eigenvalue weighted by molar-refractivity contribution is 7.94. The summed E-state index contributed by atoms with van der Waals surface area (Å²) in [5.41, 5.74) is 1.08. The summed E-state index contributed by atoms with van der Waals surface area (Å²) in [5.74, 6) is -0.427. The second kappa shape index (κ2) is 9.31. The van der Waals surface area contributed by atoms with Crippen LogP contribution in [0, 0.1) is 13.8 Å². The first-order valence-corrected chi connectivity index (χ1v) is 13.5. The van der Waals surface area contributed by atoms with Gasteiger partial charge < -0.3 is 10.1 Å². The largest absolute Gasteiger partial charge is 0.485 e. The maximum Gasteiger partial charge on any atom is 0.419 e. The molecular weight excluding hydrogens is 521 g/mol. The SMILES string of the molecule is Cc1ccc(-c2sc(S(=O)(=O)Nc3ccc(C(F)(F)F)c(O[C@]4(C)CCNC4)c3)cc2Cl)cc1C. The number of alkyl halides is 3. The maximum atomic E-state index is 13.6. The minimum atomic E-state index is -4.66. The quantitative estimate of drug-likeness (QED) is 0.365. The molecule has 0 spiro atoms. The van der Waals surface area contributed by atoms with E-state index in [2.05, 4.69) is 10.0 Å². The average Bonchev–Trinajstić information content (AvgIpc) is 3.35. The van der Waals surface area contributed by atoms with Gasteiger partial charge in [-0.25, -0.2) is 8.42 Å². The number of aryl methyl sites for hydroxylation is 2. The molecule has 0 bridgehead atoms. The number of halogens is 4. The van der Waals surface area contributed by atoms with Crippen molar-refractivity contribution in [3.63, 3.8) is 0 Å². The van der Waals surface area contributed by atoms with E-state index in [0.717, 1.165) is 46.2 Å². The van der Waals surface area contributed by atoms with E-state index in [1.54, 1.807) is 6.92 Å². The summed E-state index contributed by atoms with van der Waals surface area (Å²) in [6.45, 7) is 6.64. The molecule has 2 N–H and O–H groups in total. The van der Waals surface area contributed by atoms with Gasteiger partial charge in [0, 0.05) is 19.0 Å². The fraction of sp³-hybridized carbons (Fsp3) is 0.333. The zero-order chi connectivity index (χ0) is 25.6. The minimum absolute atomic E-state index is 0.0418. The standard InChI is InChI=1S/C24H24ClF3N2O3S2/c1-14-4-5-16(10-15(14)2)22-19(25)12-21(34-22)35(31,32)30-17-6-7-18(24(26,27)28)20(11-17)33-23(3)8-9-29-13-23/h4-7,10-12,29-30H,8-9,13H2,1-3H3/t23-/m1/s1. The van der Waals surface area contributed by atoms with Gasteiger partial charge in [-0.2, -0.15) is 13.2 Å². The van der Waals surface area contributed by atoms with Crippen LogP contribution < -0.4 is 14.8 Å². The molecule has 35 heavy (non-hydrogen) atoms. The van der Waals surface area contributed by atoms with Crippen molar-refractivity contribution in [1.82, 2.24) is 5.32 Å². The van der Waals surface area contributed by atoms with Crippen LogP contribution in [0.1, 0.15) is 30.0 Å². The lowest BCUT2D eigenvalue weighted by molar-refractivity contribution is -0.139. The maximum absolute atomic E-state index is 13.6. The number of thiophene rings is 1. The fourth-order valence-electron chi connectivity index (χ4n) is 3.82. The van der Waals surface area contributed by atoms with Crippen LogP contribution in [-0.4, -0.2) is 27.1 Å². The van der Waals surface area contributed by atoms with Crippen LogP contribution in [0.2, 0.25) is 5.02 Å². The lowest BCUT2D eigenvalue weighted by Crippen LogP contribution is -2.35. The van der Waals surface area contributed by atoms with Crippen LogP contribution in [-0.2, 0) is 16.2 Å². The van der Waals surface area contributed by atoms with Gasteiger partial charge in [0.25, 0.3) is 10.0 Å². The molecule has 1 fully saturated rings. The van der Waals surface area contributed by atoms with Crippen molar-refractivity contribution in [3.8, 4) is 16.2 Å². The van der Waals surface area contributed by atoms with Crippen LogP contribution in [0.25, 0.3) is 10.4 Å². The van der Waals surface area contributed by atoms with Gasteiger partial charge in [0.15, 0.2) is 0 Å². The molecular formula is C24H24ClF3N2O3S2. The first-order chi connectivity index (χ1) is 16.3. The molecule has 0 saturated carbocycles. The Kier molecular flexibility index (Phi) is 6.87. The van der Waals surface area contributed by atoms with E-state index in [1.165, 1.54) is 6.07 Å². The van der Waals surface area contributed by atoms with Gasteiger partial charge in [0.05, 0.1) is 21.2 Å². The summed E-state index contributed by atoms with van der Waals surface area (Å²) in [4.78, 5) is 0.591. The van der Waals surface area contributed by atoms with Crippen molar-refractivity contribution in [2.75, 3.05) is 17.8 Å². The molecule has 1 aromatic heterocycles. The molecule has 0 unspecified atom stereocenters. The Hall–Kier alpha value is -2.27. The summed E-state index contributed by atoms with van der Waals surface area (Å²) in [6, 6.07) is 10.0. The van der Waals surface area contributed by atoms with E-state index >= 15 is 0 Å². The van der Waals surface area contributed by atoms with Gasteiger partial charge in [0.1, 0.15) is 15.6 Å². The zero-order valence-electron chi connectivity index (χ0n) is 19.2. The molecule has 2 aromatic carbocycles. The molecule has 0 radical (unpaired) electrons. The van der Waals surface area contributed by atoms with Gasteiger partial charge in [0.2, 0.25) is 0 Å². The van der Waals surface area contributed by atoms with Crippen LogP contribution >= 0.6 is 22.9 Å². The molecule has 5 nitrogen and oxygen atoms in total. The highest BCUT2D eigenvalue weighted by atomic mass is 35.5. The Balaban J connectivity index is 1.65. The number of anilines is 1. The second-order valence-corrected chi connectivity index (χ2v) is 12.2. The average molecular weight is 545 g/mol. The number of benzene rings is 2. The Morgan fingerprint density at radius 3 is 2.49 bits per heavy atom. The van der Waals surface area contributed by atoms with Crippen molar-refractivity contribution in [3.05, 3.63) is 64.2 Å². The first-order valence-electron chi connectivity index (χ1n) is 10.8. The molecule has 3 aromatic rings. The Morgan fingerprint density at radius 1 is 1.11 bits per heavy atom. The zero-order valence-corrected chi connectivity index (χ0v) is 21.6. The molecule has 1 atom stereocenters. The summed E-state index contributed by atoms with van der Waals surface area (Å²) >= 11 is 7.34. The monoisotopic (exact) mass is 544 g/mol. The molecule has 0 aliphatic carbocycles. The Morgan fingerprint density at radius 2 is 1.86 bits per heavy atom. The lowest BCUT2D eigenvalue weighted by Gasteiger charge is -2.27. The van der Waals surface area contributed by atoms with E-state index in [9.17, 15) is 21.6 Å². The summed E-state index contributed by atoms with van der Waals surface area (Å²) in [5, 5.41) is 3.34. The smallest absolute Gasteiger partial charge is 0.419 e. The third kappa shape index (κ3) is 5.61. The molecule has 1 aliphatic rings. The van der Waals surface area contributed by atoms with Crippen molar-refractivity contribution in [2.45, 2.75) is 43.2 Å². The minimum Gasteiger partial charge on any atom is -0.485 e. The van der Waals surface area contributed by atoms with E-state index in [1.807, 2.05) is 32.0 Å². The summed E-state index contributed by atoms with van der Waals surface area (Å²) < 4.78 is 75.0. The van der Waals surface area contributed by atoms with Crippen LogP contribution in [0.3, 0.4) is 0 Å². The number of hydrogen-bond acceptors (Lipinski definition) is 5. The van der Waals surface area contributed by atoms with Gasteiger partial charge in [-0.1, -0.05) is 29.8 Å². The molecule has 1 aliphatic heterocycles. The number of nitrogens with one attached hydrogen (secondary N) is 2. The van der Waals surface area contributed by atoms with Gasteiger partial charge >= 0.3 is 6.18 Å². The summed E-state index contributed by atoms with van der Waals surface area (Å²) in [6.07, 6.45) is -4.13. The molecule has 1 saturated heterocycles. The third-order valence-electron chi connectivity index (χ3n) is 5.92. The second-order valence-electron chi connectivity index (χ2n) is 8.83. The van der Waals surface area contributed by atoms with Crippen molar-refractivity contribution in [1.29, 1.82) is 0 Å².